The lowest BCUT2D eigenvalue weighted by molar-refractivity contribution is 0.0304. The molecule has 2 aromatic heterocycles. The van der Waals surface area contributed by atoms with Gasteiger partial charge < -0.3 is 14.4 Å². The molecule has 2 aliphatic heterocycles. The van der Waals surface area contributed by atoms with Gasteiger partial charge in [0.15, 0.2) is 0 Å². The van der Waals surface area contributed by atoms with E-state index in [2.05, 4.69) is 5.10 Å². The molecule has 0 saturated carbocycles. The number of sulfonamides is 1. The number of fused-ring (bicyclic) bond motifs is 1. The number of benzene rings is 1. The molecule has 4 heterocycles. The van der Waals surface area contributed by atoms with Crippen molar-refractivity contribution in [2.75, 3.05) is 46.5 Å². The highest BCUT2D eigenvalue weighted by molar-refractivity contribution is 7.89. The molecule has 1 aromatic carbocycles. The highest BCUT2D eigenvalue weighted by Gasteiger charge is 2.31. The largest absolute Gasteiger partial charge is 0.497 e. The van der Waals surface area contributed by atoms with Gasteiger partial charge in [-0.3, -0.25) is 4.79 Å². The minimum atomic E-state index is -3.58. The number of pyridine rings is 1. The van der Waals surface area contributed by atoms with Crippen LogP contribution in [-0.4, -0.2) is 79.6 Å². The zero-order valence-electron chi connectivity index (χ0n) is 19.1. The van der Waals surface area contributed by atoms with Gasteiger partial charge in [-0.05, 0) is 48.6 Å². The first-order valence-electron chi connectivity index (χ1n) is 11.5. The van der Waals surface area contributed by atoms with Crippen LogP contribution >= 0.6 is 0 Å². The second-order valence-electron chi connectivity index (χ2n) is 8.61. The van der Waals surface area contributed by atoms with Crippen LogP contribution in [0.15, 0.2) is 53.7 Å². The fourth-order valence-corrected chi connectivity index (χ4v) is 6.20. The van der Waals surface area contributed by atoms with Crippen molar-refractivity contribution < 1.29 is 22.7 Å². The Balaban J connectivity index is 1.32. The molecule has 0 aliphatic carbocycles. The Morgan fingerprint density at radius 3 is 2.59 bits per heavy atom. The Hall–Kier alpha value is -2.95. The van der Waals surface area contributed by atoms with Gasteiger partial charge in [-0.25, -0.2) is 12.9 Å². The Morgan fingerprint density at radius 1 is 1.09 bits per heavy atom. The summed E-state index contributed by atoms with van der Waals surface area (Å²) < 4.78 is 40.0. The Morgan fingerprint density at radius 2 is 1.85 bits per heavy atom. The van der Waals surface area contributed by atoms with E-state index in [0.29, 0.717) is 63.5 Å². The number of hydrogen-bond donors (Lipinski definition) is 0. The molecule has 2 aliphatic rings. The molecule has 34 heavy (non-hydrogen) atoms. The van der Waals surface area contributed by atoms with Gasteiger partial charge in [-0.2, -0.15) is 9.40 Å². The molecule has 180 valence electrons. The molecule has 5 rings (SSSR count). The third-order valence-electron chi connectivity index (χ3n) is 6.68. The normalized spacial score (nSPS) is 18.3. The standard InChI is InChI=1S/C24H28N4O5S/c1-32-20-3-2-4-21(16-20)34(30,31)27-8-5-18(6-9-27)19-7-10-28-23(15-19)22(17-25-28)24(29)26-11-13-33-14-12-26/h2-4,7,10,15-18H,5-6,8-9,11-14H2,1H3. The molecule has 2 saturated heterocycles. The Bertz CT molecular complexity index is 1290. The van der Waals surface area contributed by atoms with Crippen molar-refractivity contribution >= 4 is 21.4 Å². The third-order valence-corrected chi connectivity index (χ3v) is 8.57. The lowest BCUT2D eigenvalue weighted by Gasteiger charge is -2.31. The van der Waals surface area contributed by atoms with Gasteiger partial charge in [-0.15, -0.1) is 0 Å². The Labute approximate surface area is 198 Å². The van der Waals surface area contributed by atoms with Gasteiger partial charge in [0.1, 0.15) is 5.75 Å². The van der Waals surface area contributed by atoms with E-state index in [-0.39, 0.29) is 16.7 Å². The van der Waals surface area contributed by atoms with E-state index in [1.807, 2.05) is 18.3 Å². The molecular formula is C24H28N4O5S. The average Bonchev–Trinajstić information content (AvgIpc) is 3.32. The number of methoxy groups -OCH3 is 1. The summed E-state index contributed by atoms with van der Waals surface area (Å²) in [6.07, 6.45) is 4.92. The van der Waals surface area contributed by atoms with Gasteiger partial charge in [0.25, 0.3) is 5.91 Å². The molecule has 0 unspecified atom stereocenters. The predicted molar refractivity (Wildman–Crippen MR) is 126 cm³/mol. The molecule has 0 atom stereocenters. The second-order valence-corrected chi connectivity index (χ2v) is 10.5. The summed E-state index contributed by atoms with van der Waals surface area (Å²) in [7, 11) is -2.06. The van der Waals surface area contributed by atoms with Crippen LogP contribution in [0.25, 0.3) is 5.52 Å². The van der Waals surface area contributed by atoms with Crippen LogP contribution in [0.2, 0.25) is 0 Å². The van der Waals surface area contributed by atoms with Gasteiger partial charge in [0, 0.05) is 38.4 Å². The number of amides is 1. The fraction of sp³-hybridized carbons (Fsp3) is 0.417. The molecule has 9 nitrogen and oxygen atoms in total. The van der Waals surface area contributed by atoms with Crippen molar-refractivity contribution in [1.29, 1.82) is 0 Å². The molecule has 2 fully saturated rings. The number of rotatable bonds is 5. The van der Waals surface area contributed by atoms with E-state index in [4.69, 9.17) is 9.47 Å². The van der Waals surface area contributed by atoms with Crippen molar-refractivity contribution in [2.24, 2.45) is 0 Å². The van der Waals surface area contributed by atoms with Crippen molar-refractivity contribution in [3.8, 4) is 5.75 Å². The number of nitrogens with zero attached hydrogens (tertiary/aromatic N) is 4. The first-order valence-corrected chi connectivity index (χ1v) is 12.9. The summed E-state index contributed by atoms with van der Waals surface area (Å²) in [4.78, 5) is 15.1. The monoisotopic (exact) mass is 484 g/mol. The topological polar surface area (TPSA) is 93.5 Å². The lowest BCUT2D eigenvalue weighted by Crippen LogP contribution is -2.40. The number of carbonyl (C=O) groups excluding carboxylic acids is 1. The molecule has 0 spiro atoms. The van der Waals surface area contributed by atoms with Crippen molar-refractivity contribution in [3.05, 3.63) is 59.9 Å². The van der Waals surface area contributed by atoms with Crippen LogP contribution < -0.4 is 4.74 Å². The number of morpholine rings is 1. The second kappa shape index (κ2) is 9.36. The summed E-state index contributed by atoms with van der Waals surface area (Å²) >= 11 is 0. The van der Waals surface area contributed by atoms with Crippen LogP contribution in [0.3, 0.4) is 0 Å². The number of hydrogen-bond acceptors (Lipinski definition) is 6. The zero-order valence-corrected chi connectivity index (χ0v) is 19.9. The van der Waals surface area contributed by atoms with Gasteiger partial charge in [0.05, 0.1) is 42.5 Å². The van der Waals surface area contributed by atoms with Gasteiger partial charge in [0.2, 0.25) is 10.0 Å². The molecule has 1 amide bonds. The maximum atomic E-state index is 13.1. The summed E-state index contributed by atoms with van der Waals surface area (Å²) in [5.74, 6) is 0.699. The highest BCUT2D eigenvalue weighted by Crippen LogP contribution is 2.32. The number of aromatic nitrogens is 2. The van der Waals surface area contributed by atoms with E-state index in [1.165, 1.54) is 7.11 Å². The van der Waals surface area contributed by atoms with Gasteiger partial charge in [-0.1, -0.05) is 6.07 Å². The van der Waals surface area contributed by atoms with E-state index < -0.39 is 10.0 Å². The predicted octanol–water partition coefficient (Wildman–Crippen LogP) is 2.38. The molecule has 0 bridgehead atoms. The van der Waals surface area contributed by atoms with E-state index in [0.717, 1.165) is 11.1 Å². The summed E-state index contributed by atoms with van der Waals surface area (Å²) in [5, 5.41) is 4.35. The third kappa shape index (κ3) is 4.28. The number of carbonyl (C=O) groups is 1. The first-order chi connectivity index (χ1) is 16.5. The highest BCUT2D eigenvalue weighted by atomic mass is 32.2. The molecular weight excluding hydrogens is 456 g/mol. The van der Waals surface area contributed by atoms with Crippen LogP contribution in [0.5, 0.6) is 5.75 Å². The van der Waals surface area contributed by atoms with Crippen molar-refractivity contribution in [2.45, 2.75) is 23.7 Å². The summed E-state index contributed by atoms with van der Waals surface area (Å²) in [5.41, 5.74) is 2.46. The maximum absolute atomic E-state index is 13.1. The average molecular weight is 485 g/mol. The van der Waals surface area contributed by atoms with Crippen LogP contribution in [-0.2, 0) is 14.8 Å². The van der Waals surface area contributed by atoms with Crippen LogP contribution in [0.1, 0.15) is 34.7 Å². The SMILES string of the molecule is COc1cccc(S(=O)(=O)N2CCC(c3ccn4ncc(C(=O)N5CCOCC5)c4c3)CC2)c1. The smallest absolute Gasteiger partial charge is 0.257 e. The van der Waals surface area contributed by atoms with E-state index >= 15 is 0 Å². The minimum absolute atomic E-state index is 0.0327. The Kier molecular flexibility index (Phi) is 6.28. The van der Waals surface area contributed by atoms with Gasteiger partial charge >= 0.3 is 0 Å². The number of ether oxygens (including phenoxy) is 2. The van der Waals surface area contributed by atoms with Crippen molar-refractivity contribution in [1.82, 2.24) is 18.8 Å². The summed E-state index contributed by atoms with van der Waals surface area (Å²) in [6, 6.07) is 10.6. The number of piperidine rings is 1. The van der Waals surface area contributed by atoms with E-state index in [9.17, 15) is 13.2 Å². The molecule has 3 aromatic rings. The molecule has 0 radical (unpaired) electrons. The lowest BCUT2D eigenvalue weighted by atomic mass is 9.90. The summed E-state index contributed by atoms with van der Waals surface area (Å²) in [6.45, 7) is 3.13. The van der Waals surface area contributed by atoms with Crippen LogP contribution in [0, 0.1) is 0 Å². The maximum Gasteiger partial charge on any atom is 0.257 e. The molecule has 10 heteroatoms. The zero-order chi connectivity index (χ0) is 23.7. The van der Waals surface area contributed by atoms with Crippen molar-refractivity contribution in [3.63, 3.8) is 0 Å². The van der Waals surface area contributed by atoms with E-state index in [1.54, 1.807) is 44.2 Å². The van der Waals surface area contributed by atoms with Crippen LogP contribution in [0.4, 0.5) is 0 Å². The quantitative estimate of drug-likeness (QED) is 0.552. The molecule has 0 N–H and O–H groups in total. The first kappa shape index (κ1) is 22.8. The fourth-order valence-electron chi connectivity index (χ4n) is 4.69. The minimum Gasteiger partial charge on any atom is -0.497 e.